The van der Waals surface area contributed by atoms with Gasteiger partial charge in [0.2, 0.25) is 0 Å². The summed E-state index contributed by atoms with van der Waals surface area (Å²) in [5, 5.41) is 5.39. The molecule has 0 spiro atoms. The van der Waals surface area contributed by atoms with Gasteiger partial charge in [-0.2, -0.15) is 9.78 Å². The van der Waals surface area contributed by atoms with Gasteiger partial charge in [-0.1, -0.05) is 39.8 Å². The molecular formula is C20H18BrN5O2S. The highest BCUT2D eigenvalue weighted by atomic mass is 79.9. The van der Waals surface area contributed by atoms with Crippen LogP contribution in [0.4, 0.5) is 5.69 Å². The molecule has 1 aromatic heterocycles. The van der Waals surface area contributed by atoms with Crippen LogP contribution in [0.15, 0.2) is 62.0 Å². The summed E-state index contributed by atoms with van der Waals surface area (Å²) in [5.41, 5.74) is 1.96. The Labute approximate surface area is 180 Å². The van der Waals surface area contributed by atoms with E-state index in [0.717, 1.165) is 10.2 Å². The van der Waals surface area contributed by atoms with Crippen LogP contribution in [-0.4, -0.2) is 53.2 Å². The normalized spacial score (nSPS) is 15.0. The molecule has 0 N–H and O–H groups in total. The lowest BCUT2D eigenvalue weighted by atomic mass is 10.1. The maximum atomic E-state index is 13.2. The molecular weight excluding hydrogens is 454 g/mol. The van der Waals surface area contributed by atoms with E-state index in [9.17, 15) is 9.59 Å². The molecule has 3 aromatic rings. The minimum atomic E-state index is -0.303. The van der Waals surface area contributed by atoms with Gasteiger partial charge in [-0.25, -0.2) is 4.98 Å². The maximum Gasteiger partial charge on any atom is 0.282 e. The third kappa shape index (κ3) is 3.50. The van der Waals surface area contributed by atoms with Crippen molar-refractivity contribution >= 4 is 55.9 Å². The Kier molecular flexibility index (Phi) is 5.28. The molecule has 0 aliphatic carbocycles. The number of para-hydroxylation sites is 1. The first-order valence-corrected chi connectivity index (χ1v) is 10.8. The number of hydrogen-bond donors (Lipinski definition) is 0. The van der Waals surface area contributed by atoms with Gasteiger partial charge in [0.25, 0.3) is 11.5 Å². The third-order valence-electron chi connectivity index (χ3n) is 4.48. The Bertz CT molecular complexity index is 1220. The van der Waals surface area contributed by atoms with Crippen LogP contribution in [0.1, 0.15) is 5.56 Å². The Balaban J connectivity index is 1.95. The van der Waals surface area contributed by atoms with Gasteiger partial charge in [-0.3, -0.25) is 19.4 Å². The van der Waals surface area contributed by atoms with Gasteiger partial charge >= 0.3 is 0 Å². The number of fused-ring (bicyclic) bond motifs is 2. The van der Waals surface area contributed by atoms with E-state index in [1.165, 1.54) is 16.4 Å². The van der Waals surface area contributed by atoms with Gasteiger partial charge < -0.3 is 0 Å². The molecule has 1 aliphatic heterocycles. The minimum Gasteiger partial charge on any atom is -0.293 e. The highest BCUT2D eigenvalue weighted by Crippen LogP contribution is 2.32. The number of benzene rings is 2. The van der Waals surface area contributed by atoms with E-state index >= 15 is 0 Å². The molecule has 148 valence electrons. The van der Waals surface area contributed by atoms with E-state index in [0.29, 0.717) is 28.3 Å². The number of aromatic nitrogens is 2. The first-order chi connectivity index (χ1) is 13.9. The Morgan fingerprint density at radius 2 is 1.93 bits per heavy atom. The largest absolute Gasteiger partial charge is 0.293 e. The molecule has 9 heteroatoms. The van der Waals surface area contributed by atoms with Gasteiger partial charge in [0.1, 0.15) is 0 Å². The second-order valence-corrected chi connectivity index (χ2v) is 8.49. The number of carbonyl (C=O) groups is 1. The van der Waals surface area contributed by atoms with Crippen molar-refractivity contribution in [1.82, 2.24) is 14.6 Å². The van der Waals surface area contributed by atoms with Crippen molar-refractivity contribution in [2.75, 3.05) is 31.9 Å². The van der Waals surface area contributed by atoms with Crippen molar-refractivity contribution < 1.29 is 4.79 Å². The predicted octanol–water partition coefficient (Wildman–Crippen LogP) is 3.00. The lowest BCUT2D eigenvalue weighted by Gasteiger charge is -2.21. The lowest BCUT2D eigenvalue weighted by Crippen LogP contribution is -2.38. The van der Waals surface area contributed by atoms with Crippen LogP contribution < -0.4 is 10.5 Å². The van der Waals surface area contributed by atoms with Gasteiger partial charge in [0.15, 0.2) is 10.9 Å². The molecule has 0 saturated carbocycles. The molecule has 0 bridgehead atoms. The first kappa shape index (κ1) is 19.8. The quantitative estimate of drug-likeness (QED) is 0.432. The van der Waals surface area contributed by atoms with Gasteiger partial charge in [-0.05, 0) is 50.7 Å². The molecule has 0 unspecified atom stereocenters. The average molecular weight is 472 g/mol. The number of carbonyl (C=O) groups excluding carboxylic acids is 1. The second-order valence-electron chi connectivity index (χ2n) is 6.80. The van der Waals surface area contributed by atoms with E-state index in [1.807, 2.05) is 49.5 Å². The van der Waals surface area contributed by atoms with E-state index < -0.39 is 0 Å². The van der Waals surface area contributed by atoms with Crippen LogP contribution in [-0.2, 0) is 4.79 Å². The van der Waals surface area contributed by atoms with Crippen molar-refractivity contribution in [3.05, 3.63) is 62.9 Å². The van der Waals surface area contributed by atoms with E-state index in [2.05, 4.69) is 26.0 Å². The molecule has 1 amide bonds. The van der Waals surface area contributed by atoms with Crippen molar-refractivity contribution in [3.8, 4) is 0 Å². The molecule has 1 aliphatic rings. The van der Waals surface area contributed by atoms with Crippen molar-refractivity contribution in [2.24, 2.45) is 5.10 Å². The molecule has 2 aromatic carbocycles. The molecule has 0 saturated heterocycles. The van der Waals surface area contributed by atoms with Crippen LogP contribution in [0.25, 0.3) is 10.9 Å². The molecule has 0 atom stereocenters. The third-order valence-corrected chi connectivity index (χ3v) is 5.61. The van der Waals surface area contributed by atoms with E-state index in [1.54, 1.807) is 23.1 Å². The smallest absolute Gasteiger partial charge is 0.282 e. The van der Waals surface area contributed by atoms with Crippen LogP contribution in [0, 0.1) is 0 Å². The molecule has 4 rings (SSSR count). The molecule has 0 radical (unpaired) electrons. The zero-order valence-corrected chi connectivity index (χ0v) is 18.5. The molecule has 7 nitrogen and oxygen atoms in total. The van der Waals surface area contributed by atoms with E-state index in [4.69, 9.17) is 0 Å². The summed E-state index contributed by atoms with van der Waals surface area (Å²) in [6.45, 7) is 0.409. The summed E-state index contributed by atoms with van der Waals surface area (Å²) in [4.78, 5) is 34.4. The summed E-state index contributed by atoms with van der Waals surface area (Å²) >= 11 is 4.77. The fourth-order valence-corrected chi connectivity index (χ4v) is 4.08. The van der Waals surface area contributed by atoms with Crippen molar-refractivity contribution in [3.63, 3.8) is 0 Å². The molecule has 2 heterocycles. The van der Waals surface area contributed by atoms with Gasteiger partial charge in [0, 0.05) is 10.0 Å². The molecule has 0 fully saturated rings. The van der Waals surface area contributed by atoms with Crippen molar-refractivity contribution in [2.45, 2.75) is 5.16 Å². The Hall–Kier alpha value is -2.49. The van der Waals surface area contributed by atoms with Gasteiger partial charge in [0.05, 0.1) is 23.3 Å². The summed E-state index contributed by atoms with van der Waals surface area (Å²) in [5.74, 6) is -0.251. The average Bonchev–Trinajstić information content (AvgIpc) is 2.94. The SMILES string of the molecule is CSc1nc2ccccc2c(=O)n1/N=C1/C(=O)N(CN(C)C)c2ccc(Br)cc21. The van der Waals surface area contributed by atoms with E-state index in [-0.39, 0.29) is 17.2 Å². The van der Waals surface area contributed by atoms with Crippen LogP contribution in [0.2, 0.25) is 0 Å². The zero-order chi connectivity index (χ0) is 20.7. The Morgan fingerprint density at radius 3 is 2.66 bits per heavy atom. The van der Waals surface area contributed by atoms with Crippen LogP contribution in [0.3, 0.4) is 0 Å². The lowest BCUT2D eigenvalue weighted by molar-refractivity contribution is -0.112. The highest BCUT2D eigenvalue weighted by Gasteiger charge is 2.35. The summed E-state index contributed by atoms with van der Waals surface area (Å²) < 4.78 is 2.06. The predicted molar refractivity (Wildman–Crippen MR) is 120 cm³/mol. The number of thioether (sulfide) groups is 1. The highest BCUT2D eigenvalue weighted by molar-refractivity contribution is 9.10. The monoisotopic (exact) mass is 471 g/mol. The number of nitrogens with zero attached hydrogens (tertiary/aromatic N) is 5. The standard InChI is InChI=1S/C20H18BrN5O2S/c1-24(2)11-25-16-9-8-12(21)10-14(16)17(19(25)28)23-26-18(27)13-6-4-5-7-15(13)22-20(26)29-3/h4-10H,11H2,1-3H3/b23-17+. The summed E-state index contributed by atoms with van der Waals surface area (Å²) in [7, 11) is 3.79. The fraction of sp³-hybridized carbons (Fsp3) is 0.200. The van der Waals surface area contributed by atoms with Crippen molar-refractivity contribution in [1.29, 1.82) is 0 Å². The number of rotatable bonds is 4. The summed E-state index contributed by atoms with van der Waals surface area (Å²) in [6, 6.07) is 12.7. The minimum absolute atomic E-state index is 0.220. The van der Waals surface area contributed by atoms with Crippen LogP contribution in [0.5, 0.6) is 0 Å². The number of anilines is 1. The zero-order valence-electron chi connectivity index (χ0n) is 16.1. The fourth-order valence-electron chi connectivity index (χ4n) is 3.23. The second kappa shape index (κ2) is 7.74. The first-order valence-electron chi connectivity index (χ1n) is 8.82. The van der Waals surface area contributed by atoms with Crippen LogP contribution >= 0.6 is 27.7 Å². The molecule has 29 heavy (non-hydrogen) atoms. The number of hydrogen-bond acceptors (Lipinski definition) is 6. The maximum absolute atomic E-state index is 13.2. The number of amides is 1. The Morgan fingerprint density at radius 1 is 1.17 bits per heavy atom. The number of halogens is 1. The topological polar surface area (TPSA) is 70.8 Å². The summed E-state index contributed by atoms with van der Waals surface area (Å²) in [6.07, 6.45) is 1.83. The van der Waals surface area contributed by atoms with Gasteiger partial charge in [-0.15, -0.1) is 0 Å².